The van der Waals surface area contributed by atoms with Gasteiger partial charge in [0.15, 0.2) is 0 Å². The number of carboxylic acids is 1. The topological polar surface area (TPSA) is 37.3 Å². The van der Waals surface area contributed by atoms with Crippen LogP contribution in [0.25, 0.3) is 0 Å². The monoisotopic (exact) mass is 250 g/mol. The number of carbonyl (C=O) groups is 1. The van der Waals surface area contributed by atoms with Gasteiger partial charge < -0.3 is 5.11 Å². The lowest BCUT2D eigenvalue weighted by Gasteiger charge is -2.28. The van der Waals surface area contributed by atoms with Gasteiger partial charge in [-0.25, -0.2) is 4.39 Å². The standard InChI is InChI=1S/C11H10F4O2/c1-7-4-2-3-5-8(7)10(12,6-9(16)17)11(13,14)15/h2-5H,6H2,1H3,(H,16,17). The summed E-state index contributed by atoms with van der Waals surface area (Å²) in [5.41, 5.74) is -4.45. The number of aryl methyl sites for hydroxylation is 1. The fourth-order valence-electron chi connectivity index (χ4n) is 1.57. The summed E-state index contributed by atoms with van der Waals surface area (Å²) in [4.78, 5) is 10.4. The average Bonchev–Trinajstić information content (AvgIpc) is 2.15. The highest BCUT2D eigenvalue weighted by atomic mass is 19.4. The first kappa shape index (κ1) is 13.5. The SMILES string of the molecule is Cc1ccccc1C(F)(CC(=O)O)C(F)(F)F. The zero-order valence-corrected chi connectivity index (χ0v) is 8.88. The van der Waals surface area contributed by atoms with E-state index in [1.54, 1.807) is 0 Å². The summed E-state index contributed by atoms with van der Waals surface area (Å²) in [5, 5.41) is 8.42. The molecule has 1 atom stereocenters. The van der Waals surface area contributed by atoms with Crippen molar-refractivity contribution in [2.75, 3.05) is 0 Å². The molecule has 0 aliphatic rings. The number of hydrogen-bond donors (Lipinski definition) is 1. The minimum Gasteiger partial charge on any atom is -0.481 e. The van der Waals surface area contributed by atoms with Gasteiger partial charge in [0, 0.05) is 5.56 Å². The van der Waals surface area contributed by atoms with E-state index in [0.29, 0.717) is 0 Å². The highest BCUT2D eigenvalue weighted by Gasteiger charge is 2.58. The van der Waals surface area contributed by atoms with E-state index in [-0.39, 0.29) is 5.56 Å². The molecule has 2 nitrogen and oxygen atoms in total. The van der Waals surface area contributed by atoms with Gasteiger partial charge in [-0.1, -0.05) is 24.3 Å². The van der Waals surface area contributed by atoms with Crippen molar-refractivity contribution in [2.24, 2.45) is 0 Å². The molecule has 94 valence electrons. The van der Waals surface area contributed by atoms with E-state index >= 15 is 0 Å². The fraction of sp³-hybridized carbons (Fsp3) is 0.364. The van der Waals surface area contributed by atoms with E-state index in [1.807, 2.05) is 0 Å². The van der Waals surface area contributed by atoms with Crippen molar-refractivity contribution in [3.8, 4) is 0 Å². The van der Waals surface area contributed by atoms with Crippen LogP contribution in [0.1, 0.15) is 17.5 Å². The molecular weight excluding hydrogens is 240 g/mol. The smallest absolute Gasteiger partial charge is 0.427 e. The van der Waals surface area contributed by atoms with Crippen molar-refractivity contribution in [1.82, 2.24) is 0 Å². The molecule has 0 spiro atoms. The lowest BCUT2D eigenvalue weighted by molar-refractivity contribution is -0.239. The van der Waals surface area contributed by atoms with Crippen molar-refractivity contribution >= 4 is 5.97 Å². The van der Waals surface area contributed by atoms with Crippen LogP contribution in [-0.2, 0) is 10.5 Å². The van der Waals surface area contributed by atoms with E-state index < -0.39 is 29.8 Å². The largest absolute Gasteiger partial charge is 0.481 e. The van der Waals surface area contributed by atoms with Gasteiger partial charge in [-0.2, -0.15) is 13.2 Å². The van der Waals surface area contributed by atoms with Crippen LogP contribution < -0.4 is 0 Å². The minimum absolute atomic E-state index is 0.0635. The normalized spacial score (nSPS) is 15.4. The first-order valence-electron chi connectivity index (χ1n) is 4.72. The second-order valence-corrected chi connectivity index (χ2v) is 3.68. The van der Waals surface area contributed by atoms with Crippen LogP contribution in [0.15, 0.2) is 24.3 Å². The van der Waals surface area contributed by atoms with Gasteiger partial charge in [0.2, 0.25) is 5.67 Å². The Morgan fingerprint density at radius 3 is 2.18 bits per heavy atom. The van der Waals surface area contributed by atoms with Gasteiger partial charge in [-0.3, -0.25) is 4.79 Å². The van der Waals surface area contributed by atoms with Crippen molar-refractivity contribution < 1.29 is 27.5 Å². The third kappa shape index (κ3) is 2.57. The molecular formula is C11H10F4O2. The maximum atomic E-state index is 14.0. The molecule has 0 aliphatic carbocycles. The van der Waals surface area contributed by atoms with Crippen molar-refractivity contribution in [2.45, 2.75) is 25.2 Å². The van der Waals surface area contributed by atoms with Gasteiger partial charge >= 0.3 is 12.1 Å². The Balaban J connectivity index is 3.35. The van der Waals surface area contributed by atoms with Gasteiger partial charge in [0.25, 0.3) is 0 Å². The molecule has 0 aromatic heterocycles. The highest BCUT2D eigenvalue weighted by molar-refractivity contribution is 5.69. The maximum Gasteiger partial charge on any atom is 0.427 e. The van der Waals surface area contributed by atoms with Crippen molar-refractivity contribution in [3.63, 3.8) is 0 Å². The Morgan fingerprint density at radius 1 is 1.24 bits per heavy atom. The van der Waals surface area contributed by atoms with Gasteiger partial charge in [0.1, 0.15) is 0 Å². The molecule has 0 aliphatic heterocycles. The third-order valence-electron chi connectivity index (χ3n) is 2.42. The summed E-state index contributed by atoms with van der Waals surface area (Å²) in [5.74, 6) is -1.84. The molecule has 0 fully saturated rings. The average molecular weight is 250 g/mol. The summed E-state index contributed by atoms with van der Waals surface area (Å²) in [6, 6.07) is 4.95. The zero-order chi connectivity index (χ0) is 13.3. The van der Waals surface area contributed by atoms with Crippen molar-refractivity contribution in [3.05, 3.63) is 35.4 Å². The van der Waals surface area contributed by atoms with Crippen LogP contribution in [0, 0.1) is 6.92 Å². The molecule has 17 heavy (non-hydrogen) atoms. The second-order valence-electron chi connectivity index (χ2n) is 3.68. The molecule has 0 saturated heterocycles. The molecule has 1 N–H and O–H groups in total. The first-order chi connectivity index (χ1) is 7.68. The number of hydrogen-bond acceptors (Lipinski definition) is 1. The van der Waals surface area contributed by atoms with E-state index in [1.165, 1.54) is 25.1 Å². The Kier molecular flexibility index (Phi) is 3.45. The molecule has 0 saturated carbocycles. The highest BCUT2D eigenvalue weighted by Crippen LogP contribution is 2.46. The minimum atomic E-state index is -5.27. The van der Waals surface area contributed by atoms with Gasteiger partial charge in [-0.05, 0) is 12.5 Å². The van der Waals surface area contributed by atoms with E-state index in [0.717, 1.165) is 6.07 Å². The first-order valence-corrected chi connectivity index (χ1v) is 4.72. The molecule has 0 heterocycles. The second kappa shape index (κ2) is 4.35. The molecule has 1 rings (SSSR count). The maximum absolute atomic E-state index is 14.0. The van der Waals surface area contributed by atoms with Crippen LogP contribution in [0.3, 0.4) is 0 Å². The molecule has 1 aromatic carbocycles. The molecule has 0 bridgehead atoms. The Labute approximate surface area is 94.9 Å². The summed E-state index contributed by atoms with van der Waals surface area (Å²) >= 11 is 0. The van der Waals surface area contributed by atoms with Crippen LogP contribution in [0.2, 0.25) is 0 Å². The van der Waals surface area contributed by atoms with Crippen LogP contribution in [-0.4, -0.2) is 17.3 Å². The predicted molar refractivity (Wildman–Crippen MR) is 52.3 cm³/mol. The number of halogens is 4. The summed E-state index contributed by atoms with van der Waals surface area (Å²) in [6.07, 6.45) is -6.90. The predicted octanol–water partition coefficient (Wildman–Crippen LogP) is 3.20. The Hall–Kier alpha value is -1.59. The summed E-state index contributed by atoms with van der Waals surface area (Å²) in [6.45, 7) is 1.30. The lowest BCUT2D eigenvalue weighted by atomic mass is 9.88. The molecule has 1 unspecified atom stereocenters. The number of carboxylic acid groups (broad SMARTS) is 1. The Morgan fingerprint density at radius 2 is 1.76 bits per heavy atom. The lowest BCUT2D eigenvalue weighted by Crippen LogP contribution is -2.40. The van der Waals surface area contributed by atoms with Gasteiger partial charge in [0.05, 0.1) is 6.42 Å². The van der Waals surface area contributed by atoms with Gasteiger partial charge in [-0.15, -0.1) is 0 Å². The van der Waals surface area contributed by atoms with Crippen LogP contribution >= 0.6 is 0 Å². The number of benzene rings is 1. The molecule has 6 heteroatoms. The number of rotatable bonds is 3. The molecule has 1 aromatic rings. The summed E-state index contributed by atoms with van der Waals surface area (Å²) in [7, 11) is 0. The summed E-state index contributed by atoms with van der Waals surface area (Å²) < 4.78 is 52.1. The van der Waals surface area contributed by atoms with E-state index in [9.17, 15) is 22.4 Å². The van der Waals surface area contributed by atoms with Crippen molar-refractivity contribution in [1.29, 1.82) is 0 Å². The number of aliphatic carboxylic acids is 1. The van der Waals surface area contributed by atoms with E-state index in [2.05, 4.69) is 0 Å². The Bertz CT molecular complexity index is 428. The van der Waals surface area contributed by atoms with E-state index in [4.69, 9.17) is 5.11 Å². The third-order valence-corrected chi connectivity index (χ3v) is 2.42. The van der Waals surface area contributed by atoms with Crippen LogP contribution in [0.5, 0.6) is 0 Å². The van der Waals surface area contributed by atoms with Crippen LogP contribution in [0.4, 0.5) is 17.6 Å². The zero-order valence-electron chi connectivity index (χ0n) is 8.88. The molecule has 0 amide bonds. The fourth-order valence-corrected chi connectivity index (χ4v) is 1.57. The molecule has 0 radical (unpaired) electrons. The quantitative estimate of drug-likeness (QED) is 0.836. The number of alkyl halides is 4.